The summed E-state index contributed by atoms with van der Waals surface area (Å²) in [5.74, 6) is 0.229. The maximum absolute atomic E-state index is 13.9. The molecule has 3 aliphatic rings. The Bertz CT molecular complexity index is 1120. The summed E-state index contributed by atoms with van der Waals surface area (Å²) in [5, 5.41) is -1.14. The van der Waals surface area contributed by atoms with E-state index in [1.54, 1.807) is 24.1 Å². The van der Waals surface area contributed by atoms with Gasteiger partial charge in [-0.2, -0.15) is 0 Å². The average Bonchev–Trinajstić information content (AvgIpc) is 2.77. The summed E-state index contributed by atoms with van der Waals surface area (Å²) in [6.07, 6.45) is 3.58. The number of carbonyl (C=O) groups excluding carboxylic acids is 1. The molecule has 1 saturated carbocycles. The van der Waals surface area contributed by atoms with Crippen molar-refractivity contribution in [1.82, 2.24) is 4.90 Å². The molecule has 4 atom stereocenters. The van der Waals surface area contributed by atoms with Gasteiger partial charge in [0.2, 0.25) is 5.91 Å². The molecule has 1 aliphatic carbocycles. The van der Waals surface area contributed by atoms with Crippen molar-refractivity contribution >= 4 is 15.7 Å². The molecule has 0 radical (unpaired) electrons. The van der Waals surface area contributed by atoms with Crippen LogP contribution in [-0.2, 0) is 14.6 Å². The lowest BCUT2D eigenvalue weighted by Gasteiger charge is -2.59. The van der Waals surface area contributed by atoms with Crippen molar-refractivity contribution in [2.24, 2.45) is 5.92 Å². The predicted molar refractivity (Wildman–Crippen MR) is 119 cm³/mol. The fraction of sp³-hybridized carbons (Fsp3) is 0.480. The first-order valence-corrected chi connectivity index (χ1v) is 12.7. The molecule has 1 amide bonds. The number of piperidine rings is 1. The third-order valence-electron chi connectivity index (χ3n) is 7.56. The van der Waals surface area contributed by atoms with Crippen LogP contribution in [0, 0.1) is 5.92 Å². The Morgan fingerprint density at radius 1 is 1.06 bits per heavy atom. The summed E-state index contributed by atoms with van der Waals surface area (Å²) in [6.45, 7) is 4.15. The van der Waals surface area contributed by atoms with E-state index >= 15 is 0 Å². The Morgan fingerprint density at radius 3 is 2.48 bits per heavy atom. The Morgan fingerprint density at radius 2 is 1.77 bits per heavy atom. The average molecular weight is 440 g/mol. The molecule has 2 heterocycles. The molecule has 0 unspecified atom stereocenters. The maximum Gasteiger partial charge on any atom is 0.244 e. The van der Waals surface area contributed by atoms with Crippen LogP contribution in [-0.4, -0.2) is 37.2 Å². The van der Waals surface area contributed by atoms with E-state index < -0.39 is 26.7 Å². The second-order valence-electron chi connectivity index (χ2n) is 9.45. The van der Waals surface area contributed by atoms with Crippen LogP contribution in [0.15, 0.2) is 53.4 Å². The van der Waals surface area contributed by atoms with Gasteiger partial charge in [-0.25, -0.2) is 8.42 Å². The molecule has 31 heavy (non-hydrogen) atoms. The first-order chi connectivity index (χ1) is 14.8. The lowest BCUT2D eigenvalue weighted by molar-refractivity contribution is -0.191. The van der Waals surface area contributed by atoms with E-state index in [4.69, 9.17) is 4.74 Å². The molecule has 2 aliphatic heterocycles. The van der Waals surface area contributed by atoms with Gasteiger partial charge in [0, 0.05) is 25.3 Å². The molecule has 2 aromatic carbocycles. The first kappa shape index (κ1) is 20.6. The number of hydrogen-bond acceptors (Lipinski definition) is 4. The predicted octanol–water partition coefficient (Wildman–Crippen LogP) is 4.49. The highest BCUT2D eigenvalue weighted by atomic mass is 32.2. The highest BCUT2D eigenvalue weighted by Crippen LogP contribution is 2.58. The van der Waals surface area contributed by atoms with Crippen molar-refractivity contribution in [2.45, 2.75) is 67.2 Å². The Labute approximate surface area is 184 Å². The molecular weight excluding hydrogens is 410 g/mol. The number of benzene rings is 2. The number of rotatable bonds is 3. The van der Waals surface area contributed by atoms with Gasteiger partial charge in [0.15, 0.2) is 20.8 Å². The summed E-state index contributed by atoms with van der Waals surface area (Å²) in [6, 6.07) is 14.7. The smallest absolute Gasteiger partial charge is 0.244 e. The molecule has 5 nitrogen and oxygen atoms in total. The minimum Gasteiger partial charge on any atom is -0.467 e. The second-order valence-corrected chi connectivity index (χ2v) is 11.5. The Hall–Kier alpha value is -2.34. The zero-order chi connectivity index (χ0) is 22.0. The van der Waals surface area contributed by atoms with Crippen LogP contribution in [0.2, 0.25) is 0 Å². The third-order valence-corrected chi connectivity index (χ3v) is 9.65. The van der Waals surface area contributed by atoms with Crippen LogP contribution in [0.1, 0.15) is 62.5 Å². The standard InChI is InChI=1S/C25H29NO4S/c1-16(2)17-11-13-18(14-12-17)31(28,29)23-22-19-8-4-5-10-21(19)30-25(26(3)24(23)27)15-7-6-9-20(22)25/h4-5,8,10-14,16,20,22-23H,6-7,9,15H2,1-3H3/t20-,22+,23-,25+/m0/s1. The monoisotopic (exact) mass is 439 g/mol. The number of likely N-dealkylation sites (tertiary alicyclic amines) is 1. The van der Waals surface area contributed by atoms with E-state index in [0.29, 0.717) is 11.7 Å². The number of sulfone groups is 1. The summed E-state index contributed by atoms with van der Waals surface area (Å²) in [7, 11) is -2.16. The van der Waals surface area contributed by atoms with Crippen LogP contribution in [0.5, 0.6) is 5.75 Å². The highest BCUT2D eigenvalue weighted by molar-refractivity contribution is 7.92. The quantitative estimate of drug-likeness (QED) is 0.707. The molecule has 2 bridgehead atoms. The topological polar surface area (TPSA) is 63.7 Å². The van der Waals surface area contributed by atoms with Gasteiger partial charge in [0.25, 0.3) is 0 Å². The van der Waals surface area contributed by atoms with E-state index in [9.17, 15) is 13.2 Å². The summed E-state index contributed by atoms with van der Waals surface area (Å²) in [5.41, 5.74) is 1.18. The van der Waals surface area contributed by atoms with Gasteiger partial charge in [0.05, 0.1) is 4.90 Å². The number of nitrogens with zero attached hydrogens (tertiary/aromatic N) is 1. The normalized spacial score (nSPS) is 29.9. The highest BCUT2D eigenvalue weighted by Gasteiger charge is 2.64. The number of carbonyl (C=O) groups is 1. The first-order valence-electron chi connectivity index (χ1n) is 11.2. The van der Waals surface area contributed by atoms with Crippen LogP contribution < -0.4 is 4.74 Å². The summed E-state index contributed by atoms with van der Waals surface area (Å²) < 4.78 is 34.3. The van der Waals surface area contributed by atoms with E-state index in [2.05, 4.69) is 13.8 Å². The van der Waals surface area contributed by atoms with Gasteiger partial charge in [-0.3, -0.25) is 4.79 Å². The summed E-state index contributed by atoms with van der Waals surface area (Å²) >= 11 is 0. The molecule has 6 heteroatoms. The number of hydrogen-bond donors (Lipinski definition) is 0. The van der Waals surface area contributed by atoms with Crippen molar-refractivity contribution < 1.29 is 17.9 Å². The van der Waals surface area contributed by atoms with E-state index in [1.165, 1.54) is 0 Å². The van der Waals surface area contributed by atoms with E-state index in [1.807, 2.05) is 36.4 Å². The van der Waals surface area contributed by atoms with Gasteiger partial charge < -0.3 is 9.64 Å². The van der Waals surface area contributed by atoms with Crippen LogP contribution in [0.25, 0.3) is 0 Å². The fourth-order valence-corrected chi connectivity index (χ4v) is 7.86. The lowest BCUT2D eigenvalue weighted by atomic mass is 9.65. The third kappa shape index (κ3) is 2.87. The number of amides is 1. The molecule has 0 spiro atoms. The largest absolute Gasteiger partial charge is 0.467 e. The maximum atomic E-state index is 13.9. The molecular formula is C25H29NO4S. The molecule has 2 aromatic rings. The van der Waals surface area contributed by atoms with Gasteiger partial charge in [-0.15, -0.1) is 0 Å². The molecule has 1 saturated heterocycles. The molecule has 0 aromatic heterocycles. The van der Waals surface area contributed by atoms with Gasteiger partial charge >= 0.3 is 0 Å². The number of fused-ring (bicyclic) bond motifs is 2. The second kappa shape index (κ2) is 7.09. The van der Waals surface area contributed by atoms with Gasteiger partial charge in [-0.1, -0.05) is 50.6 Å². The van der Waals surface area contributed by atoms with Crippen molar-refractivity contribution in [2.75, 3.05) is 7.05 Å². The van der Waals surface area contributed by atoms with Crippen LogP contribution in [0.4, 0.5) is 0 Å². The van der Waals surface area contributed by atoms with Crippen LogP contribution >= 0.6 is 0 Å². The Balaban J connectivity index is 1.68. The lowest BCUT2D eigenvalue weighted by Crippen LogP contribution is -2.71. The van der Waals surface area contributed by atoms with E-state index in [0.717, 1.165) is 36.8 Å². The Kier molecular flexibility index (Phi) is 4.70. The van der Waals surface area contributed by atoms with Gasteiger partial charge in [-0.05, 0) is 48.1 Å². The van der Waals surface area contributed by atoms with Crippen molar-refractivity contribution in [3.63, 3.8) is 0 Å². The van der Waals surface area contributed by atoms with Crippen molar-refractivity contribution in [3.05, 3.63) is 59.7 Å². The van der Waals surface area contributed by atoms with E-state index in [-0.39, 0.29) is 16.7 Å². The van der Waals surface area contributed by atoms with Crippen LogP contribution in [0.3, 0.4) is 0 Å². The zero-order valence-corrected chi connectivity index (χ0v) is 19.1. The number of ether oxygens (including phenoxy) is 1. The SMILES string of the molecule is CC(C)c1ccc(S(=O)(=O)[C@@H]2C(=O)N(C)[C@@]34CCCC[C@H]3[C@H]2c2ccccc2O4)cc1. The minimum atomic E-state index is -3.88. The van der Waals surface area contributed by atoms with Gasteiger partial charge in [0.1, 0.15) is 5.75 Å². The zero-order valence-electron chi connectivity index (χ0n) is 18.2. The number of para-hydroxylation sites is 1. The fourth-order valence-electron chi connectivity index (χ4n) is 5.90. The van der Waals surface area contributed by atoms with Crippen molar-refractivity contribution in [3.8, 4) is 5.75 Å². The molecule has 5 rings (SSSR count). The summed E-state index contributed by atoms with van der Waals surface area (Å²) in [4.78, 5) is 15.5. The molecule has 0 N–H and O–H groups in total. The minimum absolute atomic E-state index is 0.0337. The molecule has 2 fully saturated rings. The van der Waals surface area contributed by atoms with Crippen molar-refractivity contribution in [1.29, 1.82) is 0 Å². The molecule has 164 valence electrons.